The van der Waals surface area contributed by atoms with E-state index in [0.717, 1.165) is 11.3 Å². The first kappa shape index (κ1) is 11.1. The van der Waals surface area contributed by atoms with Crippen LogP contribution in [0.1, 0.15) is 5.56 Å². The van der Waals surface area contributed by atoms with Crippen molar-refractivity contribution in [3.63, 3.8) is 0 Å². The van der Waals surface area contributed by atoms with E-state index in [0.29, 0.717) is 0 Å². The second-order valence-electron chi connectivity index (χ2n) is 3.40. The lowest BCUT2D eigenvalue weighted by molar-refractivity contribution is 1.51. The molecule has 2 heteroatoms. The van der Waals surface area contributed by atoms with Crippen LogP contribution in [0, 0.1) is 0 Å². The SMILES string of the molecule is C(=N/C=C/c1ccccc1)=Nc1ccccc1. The third kappa shape index (κ3) is 3.90. The second kappa shape index (κ2) is 6.21. The molecule has 2 aromatic rings. The van der Waals surface area contributed by atoms with Gasteiger partial charge in [0.2, 0.25) is 0 Å². The lowest BCUT2D eigenvalue weighted by Gasteiger charge is -1.87. The molecular weight excluding hydrogens is 208 g/mol. The lowest BCUT2D eigenvalue weighted by Crippen LogP contribution is -1.66. The summed E-state index contributed by atoms with van der Waals surface area (Å²) in [5, 5.41) is 0. The molecule has 0 atom stereocenters. The zero-order valence-electron chi connectivity index (χ0n) is 9.32. The Kier molecular flexibility index (Phi) is 4.04. The smallest absolute Gasteiger partial charge is 0.0999 e. The van der Waals surface area contributed by atoms with Crippen molar-refractivity contribution >= 4 is 17.8 Å². The van der Waals surface area contributed by atoms with E-state index >= 15 is 0 Å². The van der Waals surface area contributed by atoms with Gasteiger partial charge in [-0.05, 0) is 23.8 Å². The maximum absolute atomic E-state index is 4.07. The van der Waals surface area contributed by atoms with E-state index < -0.39 is 0 Å². The molecule has 0 fully saturated rings. The van der Waals surface area contributed by atoms with Crippen molar-refractivity contribution in [1.82, 2.24) is 0 Å². The molecule has 0 aromatic heterocycles. The molecule has 0 heterocycles. The van der Waals surface area contributed by atoms with Gasteiger partial charge < -0.3 is 0 Å². The van der Waals surface area contributed by atoms with Crippen molar-refractivity contribution in [1.29, 1.82) is 0 Å². The molecule has 0 aliphatic rings. The molecule has 0 aliphatic carbocycles. The van der Waals surface area contributed by atoms with Gasteiger partial charge in [-0.2, -0.15) is 9.98 Å². The number of hydrogen-bond acceptors (Lipinski definition) is 2. The van der Waals surface area contributed by atoms with Crippen LogP contribution < -0.4 is 0 Å². The maximum Gasteiger partial charge on any atom is 0.0999 e. The number of nitrogens with zero attached hydrogens (tertiary/aromatic N) is 2. The monoisotopic (exact) mass is 220 g/mol. The fourth-order valence-electron chi connectivity index (χ4n) is 1.31. The first-order chi connectivity index (χ1) is 8.45. The lowest BCUT2D eigenvalue weighted by atomic mass is 10.2. The van der Waals surface area contributed by atoms with E-state index in [2.05, 4.69) is 16.0 Å². The Morgan fingerprint density at radius 3 is 2.18 bits per heavy atom. The summed E-state index contributed by atoms with van der Waals surface area (Å²) in [5.41, 5.74) is 1.96. The molecule has 2 nitrogen and oxygen atoms in total. The molecule has 2 rings (SSSR count). The van der Waals surface area contributed by atoms with Crippen molar-refractivity contribution in [2.75, 3.05) is 0 Å². The van der Waals surface area contributed by atoms with Crippen LogP contribution in [0.3, 0.4) is 0 Å². The Morgan fingerprint density at radius 2 is 1.47 bits per heavy atom. The van der Waals surface area contributed by atoms with Crippen LogP contribution in [-0.2, 0) is 0 Å². The number of rotatable bonds is 3. The van der Waals surface area contributed by atoms with Crippen molar-refractivity contribution < 1.29 is 0 Å². The van der Waals surface area contributed by atoms with Gasteiger partial charge in [0, 0.05) is 6.20 Å². The van der Waals surface area contributed by atoms with E-state index in [9.17, 15) is 0 Å². The zero-order chi connectivity index (χ0) is 11.8. The Bertz CT molecular complexity index is 536. The molecule has 0 saturated carbocycles. The van der Waals surface area contributed by atoms with Crippen molar-refractivity contribution in [3.05, 3.63) is 72.4 Å². The Hall–Kier alpha value is -2.44. The number of aliphatic imine (C=N–C) groups is 2. The highest BCUT2D eigenvalue weighted by atomic mass is 14.8. The highest BCUT2D eigenvalue weighted by Gasteiger charge is 1.81. The Morgan fingerprint density at radius 1 is 0.824 bits per heavy atom. The molecule has 0 amide bonds. The Balaban J connectivity index is 1.99. The summed E-state index contributed by atoms with van der Waals surface area (Å²) in [6.07, 6.45) is 3.59. The van der Waals surface area contributed by atoms with Crippen LogP contribution in [0.15, 0.2) is 76.8 Å². The molecule has 17 heavy (non-hydrogen) atoms. The minimum absolute atomic E-state index is 0.851. The first-order valence-corrected chi connectivity index (χ1v) is 5.37. The molecule has 0 saturated heterocycles. The highest BCUT2D eigenvalue weighted by Crippen LogP contribution is 2.07. The van der Waals surface area contributed by atoms with Crippen LogP contribution in [0.4, 0.5) is 5.69 Å². The number of hydrogen-bond donors (Lipinski definition) is 0. The first-order valence-electron chi connectivity index (χ1n) is 5.37. The largest absolute Gasteiger partial charge is 0.195 e. The van der Waals surface area contributed by atoms with Gasteiger partial charge in [0.05, 0.1) is 11.7 Å². The third-order valence-corrected chi connectivity index (χ3v) is 2.13. The maximum atomic E-state index is 4.07. The number of benzene rings is 2. The summed E-state index contributed by atoms with van der Waals surface area (Å²) >= 11 is 0. The fraction of sp³-hybridized carbons (Fsp3) is 0. The van der Waals surface area contributed by atoms with E-state index in [4.69, 9.17) is 0 Å². The summed E-state index contributed by atoms with van der Waals surface area (Å²) in [5.74, 6) is 0. The molecule has 0 aliphatic heterocycles. The van der Waals surface area contributed by atoms with Gasteiger partial charge in [0.15, 0.2) is 0 Å². The van der Waals surface area contributed by atoms with Gasteiger partial charge in [-0.3, -0.25) is 0 Å². The molecule has 2 aromatic carbocycles. The van der Waals surface area contributed by atoms with Crippen molar-refractivity contribution in [2.24, 2.45) is 9.98 Å². The van der Waals surface area contributed by atoms with Crippen LogP contribution in [-0.4, -0.2) is 6.01 Å². The Labute approximate surface area is 101 Å². The zero-order valence-corrected chi connectivity index (χ0v) is 9.32. The molecule has 0 bridgehead atoms. The predicted molar refractivity (Wildman–Crippen MR) is 71.4 cm³/mol. The summed E-state index contributed by atoms with van der Waals surface area (Å²) < 4.78 is 0. The average Bonchev–Trinajstić information content (AvgIpc) is 2.41. The number of para-hydroxylation sites is 1. The predicted octanol–water partition coefficient (Wildman–Crippen LogP) is 4.16. The van der Waals surface area contributed by atoms with Crippen molar-refractivity contribution in [3.8, 4) is 0 Å². The summed E-state index contributed by atoms with van der Waals surface area (Å²) in [6, 6.07) is 22.2. The summed E-state index contributed by atoms with van der Waals surface area (Å²) in [4.78, 5) is 8.03. The molecule has 0 radical (unpaired) electrons. The standard InChI is InChI=1S/C15H12N2/c1-3-7-14(8-4-1)11-12-16-13-17-15-9-5-2-6-10-15/h1-12H/b12-11+. The topological polar surface area (TPSA) is 24.7 Å². The molecule has 0 unspecified atom stereocenters. The van der Waals surface area contributed by atoms with Crippen LogP contribution in [0.25, 0.3) is 6.08 Å². The van der Waals surface area contributed by atoms with Gasteiger partial charge in [-0.15, -0.1) is 0 Å². The van der Waals surface area contributed by atoms with Crippen LogP contribution in [0.2, 0.25) is 0 Å². The minimum atomic E-state index is 0.851. The van der Waals surface area contributed by atoms with E-state index in [1.54, 1.807) is 6.20 Å². The van der Waals surface area contributed by atoms with Crippen molar-refractivity contribution in [2.45, 2.75) is 0 Å². The van der Waals surface area contributed by atoms with E-state index in [-0.39, 0.29) is 0 Å². The highest BCUT2D eigenvalue weighted by molar-refractivity contribution is 5.55. The van der Waals surface area contributed by atoms with Gasteiger partial charge >= 0.3 is 0 Å². The third-order valence-electron chi connectivity index (χ3n) is 2.13. The fourth-order valence-corrected chi connectivity index (χ4v) is 1.31. The molecular formula is C15H12N2. The van der Waals surface area contributed by atoms with Gasteiger partial charge in [-0.25, -0.2) is 0 Å². The summed E-state index contributed by atoms with van der Waals surface area (Å²) in [7, 11) is 0. The average molecular weight is 220 g/mol. The molecule has 82 valence electrons. The molecule has 0 N–H and O–H groups in total. The van der Waals surface area contributed by atoms with E-state index in [1.807, 2.05) is 66.7 Å². The minimum Gasteiger partial charge on any atom is -0.195 e. The normalized spacial score (nSPS) is 9.88. The van der Waals surface area contributed by atoms with Crippen LogP contribution in [0.5, 0.6) is 0 Å². The quantitative estimate of drug-likeness (QED) is 0.694. The van der Waals surface area contributed by atoms with E-state index in [1.165, 1.54) is 0 Å². The van der Waals surface area contributed by atoms with Gasteiger partial charge in [0.25, 0.3) is 0 Å². The molecule has 0 spiro atoms. The van der Waals surface area contributed by atoms with Crippen LogP contribution >= 0.6 is 0 Å². The summed E-state index contributed by atoms with van der Waals surface area (Å²) in [6.45, 7) is 0. The second-order valence-corrected chi connectivity index (χ2v) is 3.40. The van der Waals surface area contributed by atoms with Gasteiger partial charge in [0.1, 0.15) is 0 Å². The van der Waals surface area contributed by atoms with Gasteiger partial charge in [-0.1, -0.05) is 48.5 Å².